The maximum atomic E-state index is 13.1. The van der Waals surface area contributed by atoms with Crippen LogP contribution in [0.15, 0.2) is 28.7 Å². The van der Waals surface area contributed by atoms with Gasteiger partial charge in [0.1, 0.15) is 11.4 Å². The summed E-state index contributed by atoms with van der Waals surface area (Å²) in [6, 6.07) is 6.35. The zero-order valence-corrected chi connectivity index (χ0v) is 12.1. The third kappa shape index (κ3) is 3.08. The highest BCUT2D eigenvalue weighted by atomic mass is 19.1. The molecule has 0 bridgehead atoms. The van der Waals surface area contributed by atoms with Crippen LogP contribution in [0.1, 0.15) is 29.8 Å². The summed E-state index contributed by atoms with van der Waals surface area (Å²) in [7, 11) is 2.12. The molecule has 0 spiro atoms. The monoisotopic (exact) mass is 290 g/mol. The minimum atomic E-state index is -0.334. The number of likely N-dealkylation sites (tertiary alicyclic amines) is 1. The van der Waals surface area contributed by atoms with E-state index in [2.05, 4.69) is 17.3 Å². The van der Waals surface area contributed by atoms with Gasteiger partial charge < -0.3 is 14.6 Å². The Bertz CT molecular complexity index is 653. The summed E-state index contributed by atoms with van der Waals surface area (Å²) in [5.74, 6) is -0.345. The minimum absolute atomic E-state index is 0.232. The Balaban J connectivity index is 1.59. The van der Waals surface area contributed by atoms with Crippen molar-refractivity contribution in [2.24, 2.45) is 0 Å². The molecule has 1 amide bonds. The quantitative estimate of drug-likeness (QED) is 0.941. The third-order valence-electron chi connectivity index (χ3n) is 4.14. The molecule has 1 fully saturated rings. The predicted octanol–water partition coefficient (Wildman–Crippen LogP) is 2.79. The van der Waals surface area contributed by atoms with Crippen molar-refractivity contribution >= 4 is 16.9 Å². The fourth-order valence-corrected chi connectivity index (χ4v) is 2.91. The van der Waals surface area contributed by atoms with Gasteiger partial charge in [-0.15, -0.1) is 0 Å². The number of hydrogen-bond acceptors (Lipinski definition) is 3. The molecule has 0 unspecified atom stereocenters. The van der Waals surface area contributed by atoms with E-state index in [0.717, 1.165) is 13.0 Å². The third-order valence-corrected chi connectivity index (χ3v) is 4.14. The Morgan fingerprint density at radius 2 is 2.33 bits per heavy atom. The van der Waals surface area contributed by atoms with E-state index in [1.54, 1.807) is 6.07 Å². The first-order chi connectivity index (χ1) is 10.1. The number of nitrogens with zero attached hydrogens (tertiary/aromatic N) is 1. The van der Waals surface area contributed by atoms with Crippen LogP contribution in [-0.4, -0.2) is 37.0 Å². The molecule has 1 aromatic heterocycles. The van der Waals surface area contributed by atoms with Crippen LogP contribution in [0.3, 0.4) is 0 Å². The van der Waals surface area contributed by atoms with Crippen LogP contribution in [0.25, 0.3) is 11.0 Å². The smallest absolute Gasteiger partial charge is 0.287 e. The van der Waals surface area contributed by atoms with Gasteiger partial charge in [0.2, 0.25) is 0 Å². The van der Waals surface area contributed by atoms with Crippen LogP contribution in [0.5, 0.6) is 0 Å². The number of benzene rings is 1. The summed E-state index contributed by atoms with van der Waals surface area (Å²) < 4.78 is 18.6. The van der Waals surface area contributed by atoms with Gasteiger partial charge in [0.25, 0.3) is 5.91 Å². The van der Waals surface area contributed by atoms with E-state index >= 15 is 0 Å². The topological polar surface area (TPSA) is 45.5 Å². The van der Waals surface area contributed by atoms with Crippen molar-refractivity contribution in [3.05, 3.63) is 35.8 Å². The first-order valence-corrected chi connectivity index (χ1v) is 7.31. The summed E-state index contributed by atoms with van der Waals surface area (Å²) in [4.78, 5) is 14.4. The van der Waals surface area contributed by atoms with Crippen LogP contribution in [0.4, 0.5) is 4.39 Å². The molecule has 1 aromatic carbocycles. The number of nitrogens with one attached hydrogen (secondary N) is 1. The maximum absolute atomic E-state index is 13.1. The van der Waals surface area contributed by atoms with Gasteiger partial charge in [-0.2, -0.15) is 0 Å². The molecule has 0 radical (unpaired) electrons. The number of rotatable bonds is 4. The largest absolute Gasteiger partial charge is 0.451 e. The zero-order chi connectivity index (χ0) is 14.8. The van der Waals surface area contributed by atoms with Crippen molar-refractivity contribution in [1.29, 1.82) is 0 Å². The second-order valence-electron chi connectivity index (χ2n) is 5.61. The molecule has 2 aromatic rings. The normalized spacial score (nSPS) is 19.2. The molecule has 0 aliphatic carbocycles. The first-order valence-electron chi connectivity index (χ1n) is 7.31. The van der Waals surface area contributed by atoms with Gasteiger partial charge in [0.15, 0.2) is 5.76 Å². The lowest BCUT2D eigenvalue weighted by atomic mass is 10.1. The molecule has 2 heterocycles. The van der Waals surface area contributed by atoms with E-state index in [1.807, 2.05) is 0 Å². The molecule has 1 N–H and O–H groups in total. The van der Waals surface area contributed by atoms with Crippen molar-refractivity contribution in [3.63, 3.8) is 0 Å². The molecular formula is C16H19FN2O2. The van der Waals surface area contributed by atoms with E-state index < -0.39 is 0 Å². The van der Waals surface area contributed by atoms with E-state index in [0.29, 0.717) is 23.6 Å². The fraction of sp³-hybridized carbons (Fsp3) is 0.438. The van der Waals surface area contributed by atoms with E-state index in [4.69, 9.17) is 4.42 Å². The van der Waals surface area contributed by atoms with E-state index in [-0.39, 0.29) is 17.5 Å². The van der Waals surface area contributed by atoms with Gasteiger partial charge in [-0.3, -0.25) is 4.79 Å². The summed E-state index contributed by atoms with van der Waals surface area (Å²) in [5.41, 5.74) is 0.525. The van der Waals surface area contributed by atoms with Crippen LogP contribution in [0.2, 0.25) is 0 Å². The fourth-order valence-electron chi connectivity index (χ4n) is 2.91. The van der Waals surface area contributed by atoms with Crippen molar-refractivity contribution in [3.8, 4) is 0 Å². The van der Waals surface area contributed by atoms with Gasteiger partial charge >= 0.3 is 0 Å². The molecule has 1 aliphatic rings. The van der Waals surface area contributed by atoms with Gasteiger partial charge in [0, 0.05) is 18.0 Å². The zero-order valence-electron chi connectivity index (χ0n) is 12.1. The Morgan fingerprint density at radius 1 is 1.48 bits per heavy atom. The number of fused-ring (bicyclic) bond motifs is 1. The number of amides is 1. The molecule has 0 saturated carbocycles. The second kappa shape index (κ2) is 5.85. The van der Waals surface area contributed by atoms with Crippen molar-refractivity contribution in [1.82, 2.24) is 10.2 Å². The Hall–Kier alpha value is -1.88. The van der Waals surface area contributed by atoms with Gasteiger partial charge in [0.05, 0.1) is 0 Å². The molecule has 1 saturated heterocycles. The molecule has 4 nitrogen and oxygen atoms in total. The van der Waals surface area contributed by atoms with Crippen molar-refractivity contribution in [2.45, 2.75) is 25.3 Å². The highest BCUT2D eigenvalue weighted by Gasteiger charge is 2.20. The van der Waals surface area contributed by atoms with Crippen LogP contribution >= 0.6 is 0 Å². The highest BCUT2D eigenvalue weighted by molar-refractivity contribution is 5.96. The lowest BCUT2D eigenvalue weighted by Crippen LogP contribution is -2.31. The summed E-state index contributed by atoms with van der Waals surface area (Å²) in [6.07, 6.45) is 3.36. The molecule has 1 aliphatic heterocycles. The number of furan rings is 1. The van der Waals surface area contributed by atoms with Crippen molar-refractivity contribution < 1.29 is 13.6 Å². The van der Waals surface area contributed by atoms with Gasteiger partial charge in [-0.05, 0) is 57.1 Å². The molecular weight excluding hydrogens is 271 g/mol. The predicted molar refractivity (Wildman–Crippen MR) is 78.8 cm³/mol. The maximum Gasteiger partial charge on any atom is 0.287 e. The number of carbonyl (C=O) groups is 1. The standard InChI is InChI=1S/C16H19FN2O2/c1-19-8-2-3-13(19)6-7-18-16(20)15-10-11-9-12(17)4-5-14(11)21-15/h4-5,9-10,13H,2-3,6-8H2,1H3,(H,18,20)/t13-/m1/s1. The summed E-state index contributed by atoms with van der Waals surface area (Å²) in [6.45, 7) is 1.76. The molecule has 1 atom stereocenters. The van der Waals surface area contributed by atoms with Gasteiger partial charge in [-0.1, -0.05) is 0 Å². The Labute approximate surface area is 122 Å². The average molecular weight is 290 g/mol. The summed E-state index contributed by atoms with van der Waals surface area (Å²) >= 11 is 0. The average Bonchev–Trinajstić information content (AvgIpc) is 3.05. The lowest BCUT2D eigenvalue weighted by Gasteiger charge is -2.18. The molecule has 5 heteroatoms. The number of hydrogen-bond donors (Lipinski definition) is 1. The number of halogens is 1. The molecule has 21 heavy (non-hydrogen) atoms. The van der Waals surface area contributed by atoms with Crippen molar-refractivity contribution in [2.75, 3.05) is 20.1 Å². The molecule has 3 rings (SSSR count). The molecule has 112 valence electrons. The van der Waals surface area contributed by atoms with E-state index in [1.165, 1.54) is 31.0 Å². The van der Waals surface area contributed by atoms with Crippen LogP contribution in [0, 0.1) is 5.82 Å². The second-order valence-corrected chi connectivity index (χ2v) is 5.61. The summed E-state index contributed by atoms with van der Waals surface area (Å²) in [5, 5.41) is 3.48. The van der Waals surface area contributed by atoms with E-state index in [9.17, 15) is 9.18 Å². The first kappa shape index (κ1) is 14.1. The Kier molecular flexibility index (Phi) is 3.92. The minimum Gasteiger partial charge on any atom is -0.451 e. The SMILES string of the molecule is CN1CCC[C@@H]1CCNC(=O)c1cc2cc(F)ccc2o1. The highest BCUT2D eigenvalue weighted by Crippen LogP contribution is 2.20. The lowest BCUT2D eigenvalue weighted by molar-refractivity contribution is 0.0925. The Morgan fingerprint density at radius 3 is 3.10 bits per heavy atom. The number of carbonyl (C=O) groups excluding carboxylic acids is 1. The van der Waals surface area contributed by atoms with Crippen LogP contribution < -0.4 is 5.32 Å². The van der Waals surface area contributed by atoms with Crippen LogP contribution in [-0.2, 0) is 0 Å². The van der Waals surface area contributed by atoms with Gasteiger partial charge in [-0.25, -0.2) is 4.39 Å².